The van der Waals surface area contributed by atoms with Gasteiger partial charge in [-0.1, -0.05) is 18.2 Å². The van der Waals surface area contributed by atoms with Crippen LogP contribution in [0.2, 0.25) is 0 Å². The van der Waals surface area contributed by atoms with Crippen molar-refractivity contribution >= 4 is 5.69 Å². The van der Waals surface area contributed by atoms with Crippen molar-refractivity contribution in [2.24, 2.45) is 0 Å². The van der Waals surface area contributed by atoms with Gasteiger partial charge in [0.25, 0.3) is 0 Å². The van der Waals surface area contributed by atoms with E-state index in [4.69, 9.17) is 4.74 Å². The summed E-state index contributed by atoms with van der Waals surface area (Å²) in [5.74, 6) is 0.616. The van der Waals surface area contributed by atoms with Crippen molar-refractivity contribution in [2.75, 3.05) is 18.0 Å². The van der Waals surface area contributed by atoms with E-state index in [-0.39, 0.29) is 23.2 Å². The second-order valence-corrected chi connectivity index (χ2v) is 9.17. The van der Waals surface area contributed by atoms with Gasteiger partial charge in [0.1, 0.15) is 5.82 Å². The first kappa shape index (κ1) is 21.0. The van der Waals surface area contributed by atoms with Crippen molar-refractivity contribution in [3.63, 3.8) is 0 Å². The van der Waals surface area contributed by atoms with Gasteiger partial charge in [0.15, 0.2) is 11.5 Å². The molecule has 30 heavy (non-hydrogen) atoms. The summed E-state index contributed by atoms with van der Waals surface area (Å²) in [4.78, 5) is 4.83. The molecular weight excluding hydrogens is 379 g/mol. The number of ether oxygens (including phenoxy) is 1. The molecule has 5 heteroatoms. The molecule has 1 spiro atoms. The molecule has 2 aliphatic rings. The molecule has 2 aromatic carbocycles. The van der Waals surface area contributed by atoms with Crippen LogP contribution in [0.4, 0.5) is 10.1 Å². The molecule has 0 unspecified atom stereocenters. The largest absolute Gasteiger partial charge is 0.504 e. The fraction of sp³-hybridized carbons (Fsp3) is 0.520. The number of phenolic OH excluding ortho intramolecular Hbond substituents is 1. The average Bonchev–Trinajstić information content (AvgIpc) is 3.09. The molecule has 0 aromatic heterocycles. The number of rotatable bonds is 5. The lowest BCUT2D eigenvalue weighted by Crippen LogP contribution is -2.55. The Morgan fingerprint density at radius 1 is 1.17 bits per heavy atom. The Hall–Kier alpha value is -2.27. The lowest BCUT2D eigenvalue weighted by atomic mass is 9.81. The molecule has 1 N–H and O–H groups in total. The van der Waals surface area contributed by atoms with Crippen molar-refractivity contribution in [3.05, 3.63) is 53.8 Å². The van der Waals surface area contributed by atoms with Gasteiger partial charge < -0.3 is 14.7 Å². The molecule has 4 nitrogen and oxygen atoms in total. The van der Waals surface area contributed by atoms with E-state index in [9.17, 15) is 9.50 Å². The fourth-order valence-corrected chi connectivity index (χ4v) is 5.28. The molecule has 0 aliphatic carbocycles. The number of benzene rings is 2. The summed E-state index contributed by atoms with van der Waals surface area (Å²) in [5, 5.41) is 10.1. The highest BCUT2D eigenvalue weighted by atomic mass is 19.1. The fourth-order valence-electron chi connectivity index (χ4n) is 5.28. The monoisotopic (exact) mass is 412 g/mol. The Morgan fingerprint density at radius 3 is 2.70 bits per heavy atom. The van der Waals surface area contributed by atoms with Crippen molar-refractivity contribution in [1.82, 2.24) is 4.90 Å². The molecule has 0 saturated carbocycles. The number of piperidine rings is 1. The van der Waals surface area contributed by atoms with Gasteiger partial charge in [0.2, 0.25) is 0 Å². The standard InChI is InChI=1S/C25H33FN2O2/c1-18(2)30-24-15-20(9-10-23(24)29)17-27-14-12-25(16-19(27)3)11-6-13-28(25)22-8-5-4-7-21(22)26/h4-5,7-10,15,18-19,29H,6,11-14,16-17H2,1-3H3/t19-,25+/m0/s1. The van der Waals surface area contributed by atoms with Crippen LogP contribution in [-0.4, -0.2) is 40.8 Å². The summed E-state index contributed by atoms with van der Waals surface area (Å²) in [6, 6.07) is 13.2. The molecule has 2 atom stereocenters. The number of para-hydroxylation sites is 1. The molecular formula is C25H33FN2O2. The van der Waals surface area contributed by atoms with E-state index < -0.39 is 0 Å². The van der Waals surface area contributed by atoms with E-state index in [0.717, 1.165) is 56.6 Å². The summed E-state index contributed by atoms with van der Waals surface area (Å²) in [7, 11) is 0. The molecule has 2 heterocycles. The van der Waals surface area contributed by atoms with Crippen LogP contribution in [-0.2, 0) is 6.54 Å². The number of nitrogens with zero attached hydrogens (tertiary/aromatic N) is 2. The van der Waals surface area contributed by atoms with E-state index in [1.54, 1.807) is 18.2 Å². The number of halogens is 1. The zero-order valence-electron chi connectivity index (χ0n) is 18.3. The topological polar surface area (TPSA) is 35.9 Å². The minimum atomic E-state index is -0.115. The molecule has 0 amide bonds. The number of likely N-dealkylation sites (tertiary alicyclic amines) is 1. The lowest BCUT2D eigenvalue weighted by Gasteiger charge is -2.49. The van der Waals surface area contributed by atoms with Crippen LogP contribution in [0, 0.1) is 5.82 Å². The third-order valence-corrected chi connectivity index (χ3v) is 6.68. The minimum absolute atomic E-state index is 0.0200. The van der Waals surface area contributed by atoms with Crippen molar-refractivity contribution in [1.29, 1.82) is 0 Å². The van der Waals surface area contributed by atoms with Crippen molar-refractivity contribution in [3.8, 4) is 11.5 Å². The Kier molecular flexibility index (Phi) is 5.92. The quantitative estimate of drug-likeness (QED) is 0.719. The second-order valence-electron chi connectivity index (χ2n) is 9.17. The van der Waals surface area contributed by atoms with Gasteiger partial charge in [-0.15, -0.1) is 0 Å². The van der Waals surface area contributed by atoms with E-state index in [1.807, 2.05) is 38.1 Å². The van der Waals surface area contributed by atoms with Crippen molar-refractivity contribution < 1.29 is 14.2 Å². The van der Waals surface area contributed by atoms with Gasteiger partial charge in [0.05, 0.1) is 11.8 Å². The minimum Gasteiger partial charge on any atom is -0.504 e. The van der Waals surface area contributed by atoms with Gasteiger partial charge in [-0.2, -0.15) is 0 Å². The Balaban J connectivity index is 1.48. The van der Waals surface area contributed by atoms with E-state index in [0.29, 0.717) is 11.8 Å². The molecule has 2 aromatic rings. The zero-order chi connectivity index (χ0) is 21.3. The van der Waals surface area contributed by atoms with Crippen LogP contribution >= 0.6 is 0 Å². The molecule has 2 aliphatic heterocycles. The molecule has 0 radical (unpaired) electrons. The highest BCUT2D eigenvalue weighted by Crippen LogP contribution is 2.44. The third-order valence-electron chi connectivity index (χ3n) is 6.68. The van der Waals surface area contributed by atoms with Crippen LogP contribution in [0.15, 0.2) is 42.5 Å². The van der Waals surface area contributed by atoms with E-state index >= 15 is 0 Å². The van der Waals surface area contributed by atoms with Crippen LogP contribution < -0.4 is 9.64 Å². The highest BCUT2D eigenvalue weighted by molar-refractivity contribution is 5.52. The summed E-state index contributed by atoms with van der Waals surface area (Å²) in [5.41, 5.74) is 1.95. The predicted molar refractivity (Wildman–Crippen MR) is 119 cm³/mol. The number of phenols is 1. The van der Waals surface area contributed by atoms with Gasteiger partial charge >= 0.3 is 0 Å². The zero-order valence-corrected chi connectivity index (χ0v) is 18.3. The Morgan fingerprint density at radius 2 is 1.97 bits per heavy atom. The van der Waals surface area contributed by atoms with Crippen LogP contribution in [0.25, 0.3) is 0 Å². The van der Waals surface area contributed by atoms with Crippen LogP contribution in [0.5, 0.6) is 11.5 Å². The average molecular weight is 413 g/mol. The van der Waals surface area contributed by atoms with Crippen molar-refractivity contribution in [2.45, 2.75) is 70.7 Å². The summed E-state index contributed by atoms with van der Waals surface area (Å²) >= 11 is 0. The first-order valence-corrected chi connectivity index (χ1v) is 11.1. The van der Waals surface area contributed by atoms with E-state index in [2.05, 4.69) is 16.7 Å². The van der Waals surface area contributed by atoms with Gasteiger partial charge in [-0.25, -0.2) is 4.39 Å². The normalized spacial score (nSPS) is 24.7. The molecule has 4 rings (SSSR count). The van der Waals surface area contributed by atoms with Crippen LogP contribution in [0.1, 0.15) is 52.0 Å². The predicted octanol–water partition coefficient (Wildman–Crippen LogP) is 5.34. The molecule has 2 saturated heterocycles. The lowest BCUT2D eigenvalue weighted by molar-refractivity contribution is 0.0994. The number of aromatic hydroxyl groups is 1. The SMILES string of the molecule is CC(C)Oc1cc(CN2CC[C@]3(CCCN3c3ccccc3F)C[C@@H]2C)ccc1O. The number of hydrogen-bond donors (Lipinski definition) is 1. The maximum absolute atomic E-state index is 14.5. The van der Waals surface area contributed by atoms with Gasteiger partial charge in [-0.05, 0) is 76.3 Å². The first-order chi connectivity index (χ1) is 14.4. The Labute approximate surface area is 179 Å². The first-order valence-electron chi connectivity index (χ1n) is 11.1. The summed E-state index contributed by atoms with van der Waals surface area (Å²) in [6.45, 7) is 8.94. The maximum atomic E-state index is 14.5. The molecule has 162 valence electrons. The smallest absolute Gasteiger partial charge is 0.161 e. The highest BCUT2D eigenvalue weighted by Gasteiger charge is 2.46. The third kappa shape index (κ3) is 4.13. The second kappa shape index (κ2) is 8.46. The van der Waals surface area contributed by atoms with Crippen LogP contribution in [0.3, 0.4) is 0 Å². The van der Waals surface area contributed by atoms with Gasteiger partial charge in [-0.3, -0.25) is 4.90 Å². The van der Waals surface area contributed by atoms with Gasteiger partial charge in [0, 0.05) is 31.2 Å². The molecule has 2 fully saturated rings. The number of anilines is 1. The summed E-state index contributed by atoms with van der Waals surface area (Å²) in [6.07, 6.45) is 4.35. The molecule has 0 bridgehead atoms. The number of hydrogen-bond acceptors (Lipinski definition) is 4. The summed E-state index contributed by atoms with van der Waals surface area (Å²) < 4.78 is 20.3. The Bertz CT molecular complexity index is 887. The maximum Gasteiger partial charge on any atom is 0.161 e. The van der Waals surface area contributed by atoms with E-state index in [1.165, 1.54) is 0 Å².